The molecule has 0 spiro atoms. The minimum atomic E-state index is -4.34. The molecule has 2 N–H and O–H groups in total. The zero-order valence-corrected chi connectivity index (χ0v) is 9.94. The molecule has 0 aromatic heterocycles. The Morgan fingerprint density at radius 2 is 1.95 bits per heavy atom. The topological polar surface area (TPSA) is 52.6 Å². The van der Waals surface area contributed by atoms with E-state index in [4.69, 9.17) is 5.11 Å². The molecule has 1 atom stereocenters. The van der Waals surface area contributed by atoms with Crippen molar-refractivity contribution in [3.8, 4) is 0 Å². The van der Waals surface area contributed by atoms with Gasteiger partial charge in [-0.25, -0.2) is 4.79 Å². The van der Waals surface area contributed by atoms with Crippen LogP contribution in [0, 0.1) is 0 Å². The molecule has 0 unspecified atom stereocenters. The fourth-order valence-corrected chi connectivity index (χ4v) is 2.15. The zero-order valence-electron chi connectivity index (χ0n) is 9.94. The van der Waals surface area contributed by atoms with E-state index in [1.807, 2.05) is 4.90 Å². The Bertz CT molecular complexity index is 459. The van der Waals surface area contributed by atoms with Gasteiger partial charge in [0.25, 0.3) is 0 Å². The van der Waals surface area contributed by atoms with Crippen LogP contribution in [0.5, 0.6) is 0 Å². The summed E-state index contributed by atoms with van der Waals surface area (Å²) in [6.07, 6.45) is -4.77. The number of halogens is 3. The summed E-state index contributed by atoms with van der Waals surface area (Å²) in [5.74, 6) is 0. The lowest BCUT2D eigenvalue weighted by Gasteiger charge is -2.19. The number of rotatable bonds is 2. The highest BCUT2D eigenvalue weighted by molar-refractivity contribution is 5.65. The predicted molar refractivity (Wildman–Crippen MR) is 63.2 cm³/mol. The summed E-state index contributed by atoms with van der Waals surface area (Å²) in [4.78, 5) is 12.4. The molecule has 0 radical (unpaired) electrons. The molecule has 7 heteroatoms. The standard InChI is InChI=1S/C12H13F3N2O2/c13-12(14,15)8-1-3-10(4-2-8)17-6-5-9(7-17)16-11(18)19/h1-4,9,16H,5-7H2,(H,18,19)/t9-/m1/s1. The fourth-order valence-electron chi connectivity index (χ4n) is 2.15. The van der Waals surface area contributed by atoms with Gasteiger partial charge in [-0.2, -0.15) is 13.2 Å². The highest BCUT2D eigenvalue weighted by Gasteiger charge is 2.30. The van der Waals surface area contributed by atoms with E-state index in [9.17, 15) is 18.0 Å². The third-order valence-corrected chi connectivity index (χ3v) is 3.08. The SMILES string of the molecule is O=C(O)N[C@@H]1CCN(c2ccc(C(F)(F)F)cc2)C1. The Morgan fingerprint density at radius 3 is 2.47 bits per heavy atom. The minimum absolute atomic E-state index is 0.181. The van der Waals surface area contributed by atoms with E-state index in [1.54, 1.807) is 0 Å². The molecule has 0 bridgehead atoms. The lowest BCUT2D eigenvalue weighted by atomic mass is 10.2. The van der Waals surface area contributed by atoms with Crippen LogP contribution in [0.25, 0.3) is 0 Å². The van der Waals surface area contributed by atoms with Crippen LogP contribution >= 0.6 is 0 Å². The van der Waals surface area contributed by atoms with Gasteiger partial charge in [-0.05, 0) is 30.7 Å². The number of hydrogen-bond acceptors (Lipinski definition) is 2. The number of anilines is 1. The van der Waals surface area contributed by atoms with Crippen LogP contribution < -0.4 is 10.2 Å². The van der Waals surface area contributed by atoms with E-state index in [0.29, 0.717) is 25.2 Å². The van der Waals surface area contributed by atoms with Crippen molar-refractivity contribution in [1.29, 1.82) is 0 Å². The summed E-state index contributed by atoms with van der Waals surface area (Å²) in [5, 5.41) is 11.0. The van der Waals surface area contributed by atoms with E-state index >= 15 is 0 Å². The molecule has 1 saturated heterocycles. The van der Waals surface area contributed by atoms with Gasteiger partial charge in [0.15, 0.2) is 0 Å². The van der Waals surface area contributed by atoms with Gasteiger partial charge >= 0.3 is 12.3 Å². The van der Waals surface area contributed by atoms with E-state index in [2.05, 4.69) is 5.32 Å². The Morgan fingerprint density at radius 1 is 1.32 bits per heavy atom. The first-order valence-corrected chi connectivity index (χ1v) is 5.78. The first kappa shape index (κ1) is 13.5. The largest absolute Gasteiger partial charge is 0.465 e. The lowest BCUT2D eigenvalue weighted by molar-refractivity contribution is -0.137. The Kier molecular flexibility index (Phi) is 3.55. The Hall–Kier alpha value is -1.92. The number of carbonyl (C=O) groups is 1. The van der Waals surface area contributed by atoms with Crippen molar-refractivity contribution >= 4 is 11.8 Å². The molecule has 1 aromatic carbocycles. The first-order chi connectivity index (χ1) is 8.86. The van der Waals surface area contributed by atoms with Crippen LogP contribution in [0.3, 0.4) is 0 Å². The molecule has 1 aliphatic rings. The number of alkyl halides is 3. The molecule has 1 aromatic rings. The highest BCUT2D eigenvalue weighted by Crippen LogP contribution is 2.31. The molecule has 1 amide bonds. The van der Waals surface area contributed by atoms with Crippen molar-refractivity contribution in [2.75, 3.05) is 18.0 Å². The summed E-state index contributed by atoms with van der Waals surface area (Å²) in [7, 11) is 0. The summed E-state index contributed by atoms with van der Waals surface area (Å²) >= 11 is 0. The average Bonchev–Trinajstić information content (AvgIpc) is 2.75. The third-order valence-electron chi connectivity index (χ3n) is 3.08. The monoisotopic (exact) mass is 274 g/mol. The Balaban J connectivity index is 2.02. The highest BCUT2D eigenvalue weighted by atomic mass is 19.4. The van der Waals surface area contributed by atoms with Crippen molar-refractivity contribution in [2.24, 2.45) is 0 Å². The van der Waals surface area contributed by atoms with Crippen LogP contribution in [0.1, 0.15) is 12.0 Å². The molecular formula is C12H13F3N2O2. The second-order valence-corrected chi connectivity index (χ2v) is 4.43. The minimum Gasteiger partial charge on any atom is -0.465 e. The summed E-state index contributed by atoms with van der Waals surface area (Å²) in [5.41, 5.74) is -0.0154. The lowest BCUT2D eigenvalue weighted by Crippen LogP contribution is -2.36. The maximum Gasteiger partial charge on any atom is 0.416 e. The molecule has 0 saturated carbocycles. The number of nitrogens with one attached hydrogen (secondary N) is 1. The van der Waals surface area contributed by atoms with Crippen LogP contribution in [0.2, 0.25) is 0 Å². The van der Waals surface area contributed by atoms with E-state index in [-0.39, 0.29) is 6.04 Å². The quantitative estimate of drug-likeness (QED) is 0.871. The normalized spacial score (nSPS) is 19.5. The molecule has 1 aliphatic heterocycles. The van der Waals surface area contributed by atoms with E-state index in [1.165, 1.54) is 12.1 Å². The molecule has 0 aliphatic carbocycles. The smallest absolute Gasteiger partial charge is 0.416 e. The van der Waals surface area contributed by atoms with Gasteiger partial charge in [-0.3, -0.25) is 0 Å². The molecular weight excluding hydrogens is 261 g/mol. The number of carboxylic acid groups (broad SMARTS) is 1. The number of hydrogen-bond donors (Lipinski definition) is 2. The second-order valence-electron chi connectivity index (χ2n) is 4.43. The summed E-state index contributed by atoms with van der Waals surface area (Å²) < 4.78 is 37.2. The van der Waals surface area contributed by atoms with Crippen LogP contribution in [0.4, 0.5) is 23.7 Å². The Labute approximate surface area is 107 Å². The number of amides is 1. The molecule has 1 heterocycles. The fraction of sp³-hybridized carbons (Fsp3) is 0.417. The van der Waals surface area contributed by atoms with Gasteiger partial charge in [0.2, 0.25) is 0 Å². The molecule has 1 fully saturated rings. The van der Waals surface area contributed by atoms with Crippen molar-refractivity contribution in [3.63, 3.8) is 0 Å². The van der Waals surface area contributed by atoms with Crippen LogP contribution in [-0.2, 0) is 6.18 Å². The first-order valence-electron chi connectivity index (χ1n) is 5.78. The summed E-state index contributed by atoms with van der Waals surface area (Å²) in [6, 6.07) is 4.71. The van der Waals surface area contributed by atoms with E-state index in [0.717, 1.165) is 12.1 Å². The van der Waals surface area contributed by atoms with Crippen LogP contribution in [-0.4, -0.2) is 30.3 Å². The van der Waals surface area contributed by atoms with Gasteiger partial charge < -0.3 is 15.3 Å². The zero-order chi connectivity index (χ0) is 14.0. The van der Waals surface area contributed by atoms with Gasteiger partial charge in [0.1, 0.15) is 0 Å². The van der Waals surface area contributed by atoms with Gasteiger partial charge in [-0.1, -0.05) is 0 Å². The molecule has 19 heavy (non-hydrogen) atoms. The van der Waals surface area contributed by atoms with Crippen molar-refractivity contribution in [2.45, 2.75) is 18.6 Å². The van der Waals surface area contributed by atoms with Crippen molar-refractivity contribution in [3.05, 3.63) is 29.8 Å². The van der Waals surface area contributed by atoms with Crippen LogP contribution in [0.15, 0.2) is 24.3 Å². The average molecular weight is 274 g/mol. The van der Waals surface area contributed by atoms with Gasteiger partial charge in [-0.15, -0.1) is 0 Å². The second kappa shape index (κ2) is 4.99. The van der Waals surface area contributed by atoms with Gasteiger partial charge in [0, 0.05) is 18.8 Å². The molecule has 2 rings (SSSR count). The third kappa shape index (κ3) is 3.30. The maximum atomic E-state index is 12.4. The molecule has 104 valence electrons. The molecule has 4 nitrogen and oxygen atoms in total. The van der Waals surface area contributed by atoms with Crippen molar-refractivity contribution in [1.82, 2.24) is 5.32 Å². The maximum absolute atomic E-state index is 12.4. The van der Waals surface area contributed by atoms with Gasteiger partial charge in [0.05, 0.1) is 11.6 Å². The number of nitrogens with zero attached hydrogens (tertiary/aromatic N) is 1. The van der Waals surface area contributed by atoms with E-state index < -0.39 is 17.8 Å². The summed E-state index contributed by atoms with van der Waals surface area (Å²) in [6.45, 7) is 1.09. The predicted octanol–water partition coefficient (Wildman–Crippen LogP) is 2.55. The van der Waals surface area contributed by atoms with Crippen molar-refractivity contribution < 1.29 is 23.1 Å². The number of benzene rings is 1.